The summed E-state index contributed by atoms with van der Waals surface area (Å²) in [5.41, 5.74) is 6.40. The van der Waals surface area contributed by atoms with Crippen molar-refractivity contribution in [1.82, 2.24) is 0 Å². The lowest BCUT2D eigenvalue weighted by Gasteiger charge is -2.09. The predicted molar refractivity (Wildman–Crippen MR) is 61.4 cm³/mol. The molecule has 0 fully saturated rings. The number of hydrogen-bond donors (Lipinski definition) is 1. The molecule has 0 spiro atoms. The van der Waals surface area contributed by atoms with E-state index in [1.54, 1.807) is 0 Å². The van der Waals surface area contributed by atoms with Crippen LogP contribution in [0.15, 0.2) is 29.3 Å². The standard InChI is InChI=1S/C11H13ClN2O/c12-9-3-1-2-8(6-9)11-14-7-10(15-11)4-5-13/h1-3,6,10H,4-5,7,13H2. The molecule has 0 amide bonds. The van der Waals surface area contributed by atoms with Gasteiger partial charge >= 0.3 is 0 Å². The molecule has 1 atom stereocenters. The summed E-state index contributed by atoms with van der Waals surface area (Å²) in [5, 5.41) is 0.695. The first-order valence-electron chi connectivity index (χ1n) is 4.96. The summed E-state index contributed by atoms with van der Waals surface area (Å²) in [5.74, 6) is 0.677. The predicted octanol–water partition coefficient (Wildman–Crippen LogP) is 1.83. The first kappa shape index (κ1) is 10.5. The number of halogens is 1. The normalized spacial score (nSPS) is 19.9. The second kappa shape index (κ2) is 4.64. The van der Waals surface area contributed by atoms with Crippen molar-refractivity contribution in [2.75, 3.05) is 13.1 Å². The van der Waals surface area contributed by atoms with Crippen LogP contribution in [-0.2, 0) is 4.74 Å². The fourth-order valence-corrected chi connectivity index (χ4v) is 1.72. The Balaban J connectivity index is 2.07. The van der Waals surface area contributed by atoms with Crippen LogP contribution in [0.25, 0.3) is 0 Å². The Bertz CT molecular complexity index is 379. The van der Waals surface area contributed by atoms with E-state index < -0.39 is 0 Å². The molecule has 1 aromatic carbocycles. The van der Waals surface area contributed by atoms with E-state index in [0.29, 0.717) is 24.0 Å². The maximum absolute atomic E-state index is 5.89. The number of nitrogens with zero attached hydrogens (tertiary/aromatic N) is 1. The van der Waals surface area contributed by atoms with E-state index in [0.717, 1.165) is 12.0 Å². The third-order valence-corrected chi connectivity index (χ3v) is 2.51. The van der Waals surface area contributed by atoms with Crippen molar-refractivity contribution in [3.63, 3.8) is 0 Å². The molecule has 1 heterocycles. The maximum Gasteiger partial charge on any atom is 0.216 e. The van der Waals surface area contributed by atoms with E-state index >= 15 is 0 Å². The number of aliphatic imine (C=N–C) groups is 1. The number of rotatable bonds is 3. The van der Waals surface area contributed by atoms with Crippen molar-refractivity contribution in [1.29, 1.82) is 0 Å². The Morgan fingerprint density at radius 2 is 2.40 bits per heavy atom. The van der Waals surface area contributed by atoms with Crippen LogP contribution in [0.3, 0.4) is 0 Å². The summed E-state index contributed by atoms with van der Waals surface area (Å²) in [6.07, 6.45) is 0.970. The van der Waals surface area contributed by atoms with Crippen LogP contribution in [0.4, 0.5) is 0 Å². The largest absolute Gasteiger partial charge is 0.472 e. The molecule has 1 aromatic rings. The van der Waals surface area contributed by atoms with Gasteiger partial charge < -0.3 is 10.5 Å². The lowest BCUT2D eigenvalue weighted by Crippen LogP contribution is -2.18. The van der Waals surface area contributed by atoms with Gasteiger partial charge in [0, 0.05) is 10.6 Å². The molecule has 0 bridgehead atoms. The lowest BCUT2D eigenvalue weighted by molar-refractivity contribution is 0.216. The number of nitrogens with two attached hydrogens (primary N) is 1. The average Bonchev–Trinajstić information content (AvgIpc) is 2.67. The van der Waals surface area contributed by atoms with Gasteiger partial charge in [0.15, 0.2) is 0 Å². The molecule has 3 nitrogen and oxygen atoms in total. The van der Waals surface area contributed by atoms with Gasteiger partial charge in [0.25, 0.3) is 0 Å². The van der Waals surface area contributed by atoms with E-state index in [1.165, 1.54) is 0 Å². The Morgan fingerprint density at radius 1 is 1.53 bits per heavy atom. The van der Waals surface area contributed by atoms with Gasteiger partial charge in [-0.25, -0.2) is 4.99 Å². The zero-order valence-corrected chi connectivity index (χ0v) is 9.07. The Morgan fingerprint density at radius 3 is 3.13 bits per heavy atom. The zero-order chi connectivity index (χ0) is 10.7. The molecule has 0 radical (unpaired) electrons. The van der Waals surface area contributed by atoms with Crippen molar-refractivity contribution in [3.8, 4) is 0 Å². The number of hydrogen-bond acceptors (Lipinski definition) is 3. The molecule has 4 heteroatoms. The van der Waals surface area contributed by atoms with Gasteiger partial charge in [0.1, 0.15) is 6.10 Å². The highest BCUT2D eigenvalue weighted by molar-refractivity contribution is 6.30. The Labute approximate surface area is 93.9 Å². The van der Waals surface area contributed by atoms with E-state index in [-0.39, 0.29) is 6.10 Å². The zero-order valence-electron chi connectivity index (χ0n) is 8.32. The van der Waals surface area contributed by atoms with E-state index in [4.69, 9.17) is 22.1 Å². The minimum absolute atomic E-state index is 0.129. The van der Waals surface area contributed by atoms with Crippen LogP contribution >= 0.6 is 11.6 Å². The highest BCUT2D eigenvalue weighted by atomic mass is 35.5. The molecule has 0 saturated carbocycles. The summed E-state index contributed by atoms with van der Waals surface area (Å²) in [4.78, 5) is 4.33. The summed E-state index contributed by atoms with van der Waals surface area (Å²) in [6.45, 7) is 1.32. The summed E-state index contributed by atoms with van der Waals surface area (Å²) < 4.78 is 5.65. The smallest absolute Gasteiger partial charge is 0.216 e. The average molecular weight is 225 g/mol. The van der Waals surface area contributed by atoms with Crippen LogP contribution in [0.2, 0.25) is 5.02 Å². The molecule has 0 saturated heterocycles. The first-order valence-corrected chi connectivity index (χ1v) is 5.34. The van der Waals surface area contributed by atoms with Gasteiger partial charge in [-0.3, -0.25) is 0 Å². The maximum atomic E-state index is 5.89. The molecule has 2 N–H and O–H groups in total. The van der Waals surface area contributed by atoms with Crippen LogP contribution in [0, 0.1) is 0 Å². The summed E-state index contributed by atoms with van der Waals surface area (Å²) in [6, 6.07) is 7.51. The van der Waals surface area contributed by atoms with Crippen molar-refractivity contribution in [2.24, 2.45) is 10.7 Å². The highest BCUT2D eigenvalue weighted by Crippen LogP contribution is 2.17. The Kier molecular flexibility index (Phi) is 3.23. The van der Waals surface area contributed by atoms with Gasteiger partial charge in [-0.2, -0.15) is 0 Å². The highest BCUT2D eigenvalue weighted by Gasteiger charge is 2.19. The summed E-state index contributed by atoms with van der Waals surface area (Å²) in [7, 11) is 0. The first-order chi connectivity index (χ1) is 7.29. The number of benzene rings is 1. The minimum Gasteiger partial charge on any atom is -0.472 e. The monoisotopic (exact) mass is 224 g/mol. The molecule has 80 valence electrons. The molecule has 0 aliphatic carbocycles. The van der Waals surface area contributed by atoms with Gasteiger partial charge in [0.2, 0.25) is 5.90 Å². The van der Waals surface area contributed by atoms with E-state index in [2.05, 4.69) is 4.99 Å². The topological polar surface area (TPSA) is 47.6 Å². The molecule has 15 heavy (non-hydrogen) atoms. The SMILES string of the molecule is NCCC1CN=C(c2cccc(Cl)c2)O1. The third kappa shape index (κ3) is 2.49. The van der Waals surface area contributed by atoms with E-state index in [1.807, 2.05) is 24.3 Å². The molecule has 0 aromatic heterocycles. The summed E-state index contributed by atoms with van der Waals surface area (Å²) >= 11 is 5.89. The molecule has 2 rings (SSSR count). The third-order valence-electron chi connectivity index (χ3n) is 2.28. The van der Waals surface area contributed by atoms with Crippen LogP contribution in [0.5, 0.6) is 0 Å². The van der Waals surface area contributed by atoms with Crippen LogP contribution < -0.4 is 5.73 Å². The van der Waals surface area contributed by atoms with Gasteiger partial charge in [-0.15, -0.1) is 0 Å². The second-order valence-electron chi connectivity index (χ2n) is 3.47. The van der Waals surface area contributed by atoms with Crippen molar-refractivity contribution in [3.05, 3.63) is 34.9 Å². The fourth-order valence-electron chi connectivity index (χ4n) is 1.53. The molecule has 1 unspecified atom stereocenters. The van der Waals surface area contributed by atoms with E-state index in [9.17, 15) is 0 Å². The van der Waals surface area contributed by atoms with Crippen LogP contribution in [0.1, 0.15) is 12.0 Å². The lowest BCUT2D eigenvalue weighted by atomic mass is 10.2. The van der Waals surface area contributed by atoms with Gasteiger partial charge in [0.05, 0.1) is 6.54 Å². The molecule has 1 aliphatic rings. The molecular weight excluding hydrogens is 212 g/mol. The van der Waals surface area contributed by atoms with Crippen LogP contribution in [-0.4, -0.2) is 25.1 Å². The van der Waals surface area contributed by atoms with Gasteiger partial charge in [-0.05, 0) is 31.2 Å². The van der Waals surface area contributed by atoms with Crippen molar-refractivity contribution >= 4 is 17.5 Å². The molecule has 1 aliphatic heterocycles. The minimum atomic E-state index is 0.129. The Hall–Kier alpha value is -1.06. The molecular formula is C11H13ClN2O. The fraction of sp³-hybridized carbons (Fsp3) is 0.364. The van der Waals surface area contributed by atoms with Gasteiger partial charge in [-0.1, -0.05) is 17.7 Å². The second-order valence-corrected chi connectivity index (χ2v) is 3.91. The quantitative estimate of drug-likeness (QED) is 0.852. The van der Waals surface area contributed by atoms with Crippen molar-refractivity contribution in [2.45, 2.75) is 12.5 Å². The van der Waals surface area contributed by atoms with Crippen molar-refractivity contribution < 1.29 is 4.74 Å². The number of ether oxygens (including phenoxy) is 1.